The highest BCUT2D eigenvalue weighted by atomic mass is 16.6. The molecule has 0 aliphatic heterocycles. The van der Waals surface area contributed by atoms with Crippen LogP contribution in [-0.4, -0.2) is 19.2 Å². The molecule has 0 saturated heterocycles. The fourth-order valence-electron chi connectivity index (χ4n) is 1.75. The summed E-state index contributed by atoms with van der Waals surface area (Å²) in [4.78, 5) is 12.1. The van der Waals surface area contributed by atoms with Crippen molar-refractivity contribution in [1.29, 1.82) is 5.26 Å². The third-order valence-corrected chi connectivity index (χ3v) is 2.91. The molecule has 0 aliphatic rings. The molecule has 0 saturated carbocycles. The maximum atomic E-state index is 12.1. The maximum absolute atomic E-state index is 12.1. The van der Waals surface area contributed by atoms with Gasteiger partial charge in [-0.05, 0) is 43.3 Å². The lowest BCUT2D eigenvalue weighted by atomic mass is 10.2. The first-order valence-electron chi connectivity index (χ1n) is 6.65. The van der Waals surface area contributed by atoms with Crippen LogP contribution in [0.4, 0.5) is 0 Å². The Morgan fingerprint density at radius 2 is 1.73 bits per heavy atom. The molecule has 22 heavy (non-hydrogen) atoms. The van der Waals surface area contributed by atoms with E-state index >= 15 is 0 Å². The van der Waals surface area contributed by atoms with Crippen LogP contribution < -0.4 is 14.2 Å². The molecule has 5 nitrogen and oxygen atoms in total. The molecule has 0 N–H and O–H groups in total. The number of ether oxygens (including phenoxy) is 3. The average Bonchev–Trinajstić information content (AvgIpc) is 2.56. The van der Waals surface area contributed by atoms with Crippen LogP contribution in [0.5, 0.6) is 17.2 Å². The predicted octanol–water partition coefficient (Wildman–Crippen LogP) is 2.94. The van der Waals surface area contributed by atoms with Crippen LogP contribution >= 0.6 is 0 Å². The first kappa shape index (κ1) is 15.4. The number of benzene rings is 2. The van der Waals surface area contributed by atoms with Crippen molar-refractivity contribution in [2.45, 2.75) is 13.0 Å². The van der Waals surface area contributed by atoms with Gasteiger partial charge < -0.3 is 14.2 Å². The van der Waals surface area contributed by atoms with Crippen molar-refractivity contribution >= 4 is 5.97 Å². The van der Waals surface area contributed by atoms with Crippen molar-refractivity contribution in [2.24, 2.45) is 0 Å². The third-order valence-electron chi connectivity index (χ3n) is 2.91. The zero-order valence-corrected chi connectivity index (χ0v) is 12.3. The van der Waals surface area contributed by atoms with Crippen LogP contribution in [-0.2, 0) is 4.79 Å². The second kappa shape index (κ2) is 7.14. The van der Waals surface area contributed by atoms with E-state index in [-0.39, 0.29) is 0 Å². The molecule has 0 aromatic heterocycles. The van der Waals surface area contributed by atoms with Crippen LogP contribution in [0.3, 0.4) is 0 Å². The largest absolute Gasteiger partial charge is 0.493 e. The highest BCUT2D eigenvalue weighted by Gasteiger charge is 2.19. The molecule has 0 fully saturated rings. The fourth-order valence-corrected chi connectivity index (χ4v) is 1.75. The van der Waals surface area contributed by atoms with E-state index < -0.39 is 12.1 Å². The number of carbonyl (C=O) groups is 1. The summed E-state index contributed by atoms with van der Waals surface area (Å²) in [5, 5.41) is 8.74. The molecule has 112 valence electrons. The number of hydrogen-bond acceptors (Lipinski definition) is 5. The van der Waals surface area contributed by atoms with Gasteiger partial charge in [0, 0.05) is 0 Å². The molecule has 0 bridgehead atoms. The molecule has 2 rings (SSSR count). The van der Waals surface area contributed by atoms with E-state index in [2.05, 4.69) is 0 Å². The highest BCUT2D eigenvalue weighted by molar-refractivity contribution is 5.77. The van der Waals surface area contributed by atoms with Crippen molar-refractivity contribution in [1.82, 2.24) is 0 Å². The van der Waals surface area contributed by atoms with Crippen LogP contribution in [0, 0.1) is 11.3 Å². The van der Waals surface area contributed by atoms with Crippen LogP contribution in [0.15, 0.2) is 48.5 Å². The summed E-state index contributed by atoms with van der Waals surface area (Å²) in [7, 11) is 1.50. The summed E-state index contributed by atoms with van der Waals surface area (Å²) in [5.41, 5.74) is 0.525. The van der Waals surface area contributed by atoms with Gasteiger partial charge in [-0.15, -0.1) is 0 Å². The maximum Gasteiger partial charge on any atom is 0.352 e. The number of nitriles is 1. The number of methoxy groups -OCH3 is 1. The number of para-hydroxylation sites is 2. The normalized spacial score (nSPS) is 11.1. The topological polar surface area (TPSA) is 68.6 Å². The summed E-state index contributed by atoms with van der Waals surface area (Å²) in [6.07, 6.45) is -0.794. The fraction of sp³-hybridized carbons (Fsp3) is 0.176. The van der Waals surface area contributed by atoms with E-state index in [0.717, 1.165) is 0 Å². The van der Waals surface area contributed by atoms with Gasteiger partial charge in [0.1, 0.15) is 5.75 Å². The van der Waals surface area contributed by atoms with Gasteiger partial charge in [0.25, 0.3) is 0 Å². The number of hydrogen-bond donors (Lipinski definition) is 0. The first-order chi connectivity index (χ1) is 10.6. The minimum absolute atomic E-state index is 0.338. The summed E-state index contributed by atoms with van der Waals surface area (Å²) in [6.45, 7) is 1.59. The van der Waals surface area contributed by atoms with Crippen molar-refractivity contribution < 1.29 is 19.0 Å². The van der Waals surface area contributed by atoms with Crippen molar-refractivity contribution in [3.63, 3.8) is 0 Å². The molecule has 5 heteroatoms. The minimum Gasteiger partial charge on any atom is -0.493 e. The molecule has 0 unspecified atom stereocenters. The van der Waals surface area contributed by atoms with Crippen LogP contribution in [0.1, 0.15) is 12.5 Å². The summed E-state index contributed by atoms with van der Waals surface area (Å²) in [6, 6.07) is 15.4. The van der Waals surface area contributed by atoms with Crippen LogP contribution in [0.25, 0.3) is 0 Å². The molecule has 0 aliphatic carbocycles. The molecule has 1 atom stereocenters. The Kier molecular flexibility index (Phi) is 4.99. The zero-order valence-electron chi connectivity index (χ0n) is 12.3. The number of nitrogens with zero attached hydrogens (tertiary/aromatic N) is 1. The quantitative estimate of drug-likeness (QED) is 0.627. The number of carbonyl (C=O) groups excluding carboxylic acids is 1. The van der Waals surface area contributed by atoms with Gasteiger partial charge in [-0.2, -0.15) is 5.26 Å². The summed E-state index contributed by atoms with van der Waals surface area (Å²) in [5.74, 6) is 0.768. The van der Waals surface area contributed by atoms with Gasteiger partial charge in [-0.25, -0.2) is 4.79 Å². The molecule has 0 heterocycles. The van der Waals surface area contributed by atoms with E-state index in [1.807, 2.05) is 6.07 Å². The molecule has 0 spiro atoms. The first-order valence-corrected chi connectivity index (χ1v) is 6.65. The molecule has 2 aromatic carbocycles. The van der Waals surface area contributed by atoms with Gasteiger partial charge in [-0.1, -0.05) is 12.1 Å². The van der Waals surface area contributed by atoms with E-state index in [1.165, 1.54) is 7.11 Å². The molecule has 0 radical (unpaired) electrons. The Morgan fingerprint density at radius 1 is 1.09 bits per heavy atom. The molecule has 0 amide bonds. The van der Waals surface area contributed by atoms with Gasteiger partial charge in [0.15, 0.2) is 17.6 Å². The lowest BCUT2D eigenvalue weighted by molar-refractivity contribution is -0.141. The minimum atomic E-state index is -0.794. The van der Waals surface area contributed by atoms with Crippen molar-refractivity contribution in [3.8, 4) is 23.3 Å². The lowest BCUT2D eigenvalue weighted by Gasteiger charge is -2.15. The van der Waals surface area contributed by atoms with Crippen LogP contribution in [0.2, 0.25) is 0 Å². The molecule has 2 aromatic rings. The molecular formula is C17H15NO4. The standard InChI is InChI=1S/C17H15NO4/c1-12(21-14-9-7-13(11-18)8-10-14)17(19)22-16-6-4-3-5-15(16)20-2/h3-10,12H,1-2H3/t12-/m1/s1. The summed E-state index contributed by atoms with van der Waals surface area (Å²) < 4.78 is 15.9. The SMILES string of the molecule is COc1ccccc1OC(=O)[C@@H](C)Oc1ccc(C#N)cc1. The zero-order chi connectivity index (χ0) is 15.9. The van der Waals surface area contributed by atoms with Gasteiger partial charge in [0.2, 0.25) is 0 Å². The summed E-state index contributed by atoms with van der Waals surface area (Å²) >= 11 is 0. The second-order valence-corrected chi connectivity index (χ2v) is 4.47. The van der Waals surface area contributed by atoms with E-state index in [9.17, 15) is 4.79 Å². The van der Waals surface area contributed by atoms with Gasteiger partial charge in [-0.3, -0.25) is 0 Å². The average molecular weight is 297 g/mol. The second-order valence-electron chi connectivity index (χ2n) is 4.47. The smallest absolute Gasteiger partial charge is 0.352 e. The number of rotatable bonds is 5. The molecular weight excluding hydrogens is 282 g/mol. The van der Waals surface area contributed by atoms with Crippen molar-refractivity contribution in [2.75, 3.05) is 7.11 Å². The Bertz CT molecular complexity index is 689. The van der Waals surface area contributed by atoms with Gasteiger partial charge in [0.05, 0.1) is 18.7 Å². The number of esters is 1. The monoisotopic (exact) mass is 297 g/mol. The Hall–Kier alpha value is -3.00. The third kappa shape index (κ3) is 3.76. The van der Waals surface area contributed by atoms with Gasteiger partial charge >= 0.3 is 5.97 Å². The Morgan fingerprint density at radius 3 is 2.32 bits per heavy atom. The Balaban J connectivity index is 2.01. The van der Waals surface area contributed by atoms with E-state index in [4.69, 9.17) is 19.5 Å². The van der Waals surface area contributed by atoms with Crippen molar-refractivity contribution in [3.05, 3.63) is 54.1 Å². The Labute approximate surface area is 128 Å². The predicted molar refractivity (Wildman–Crippen MR) is 79.9 cm³/mol. The highest BCUT2D eigenvalue weighted by Crippen LogP contribution is 2.26. The van der Waals surface area contributed by atoms with E-state index in [1.54, 1.807) is 55.5 Å². The van der Waals surface area contributed by atoms with E-state index in [0.29, 0.717) is 22.8 Å². The lowest BCUT2D eigenvalue weighted by Crippen LogP contribution is -2.28.